The largest absolute Gasteiger partial charge is 0.572 e. The van der Waals surface area contributed by atoms with E-state index in [2.05, 4.69) is 3.63 Å². The monoisotopic (exact) mass is 617 g/mol. The van der Waals surface area contributed by atoms with Crippen LogP contribution in [0.1, 0.15) is 16.7 Å². The molecule has 0 unspecified atom stereocenters. The number of halogens is 12. The van der Waals surface area contributed by atoms with E-state index in [0.29, 0.717) is 72.8 Å². The van der Waals surface area contributed by atoms with Crippen LogP contribution in [-0.2, 0) is 28.6 Å². The topological polar surface area (TPSA) is 46.9 Å². The van der Waals surface area contributed by atoms with Gasteiger partial charge in [0.1, 0.15) is 0 Å². The molecule has 0 spiro atoms. The molecule has 0 saturated heterocycles. The van der Waals surface area contributed by atoms with E-state index >= 15 is 0 Å². The second-order valence-corrected chi connectivity index (χ2v) is 12.2. The van der Waals surface area contributed by atoms with E-state index in [0.717, 1.165) is 0 Å². The number of rotatable bonds is 5. The van der Waals surface area contributed by atoms with Crippen molar-refractivity contribution in [3.8, 4) is 0 Å². The van der Waals surface area contributed by atoms with Gasteiger partial charge in [-0.25, -0.2) is 0 Å². The lowest BCUT2D eigenvalue weighted by molar-refractivity contribution is -0.138. The van der Waals surface area contributed by atoms with Crippen LogP contribution in [0.5, 0.6) is 0 Å². The van der Waals surface area contributed by atoms with Crippen LogP contribution in [0, 0.1) is 0 Å². The SMILES string of the molecule is O=S(=O)([OH+]S(c1ccc(C(F)(F)F)cc1)(c1ccc(C(F)(F)F)cc1)c1ccc(C(F)(F)F)cc1)C(F)(F)F. The molecule has 0 radical (unpaired) electrons. The Hall–Kier alpha value is -2.92. The zero-order valence-electron chi connectivity index (χ0n) is 18.5. The van der Waals surface area contributed by atoms with E-state index < -0.39 is 75.8 Å². The molecule has 0 aliphatic rings. The van der Waals surface area contributed by atoms with Crippen molar-refractivity contribution in [1.82, 2.24) is 0 Å². The molecule has 0 saturated carbocycles. The highest BCUT2D eigenvalue weighted by molar-refractivity contribution is 8.32. The maximum absolute atomic E-state index is 13.5. The van der Waals surface area contributed by atoms with Gasteiger partial charge in [-0.3, -0.25) is 3.63 Å². The van der Waals surface area contributed by atoms with E-state index in [4.69, 9.17) is 0 Å². The Labute approximate surface area is 213 Å². The molecule has 39 heavy (non-hydrogen) atoms. The van der Waals surface area contributed by atoms with Gasteiger partial charge in [0.25, 0.3) is 0 Å². The van der Waals surface area contributed by atoms with Gasteiger partial charge in [-0.05, 0) is 72.8 Å². The predicted octanol–water partition coefficient (Wildman–Crippen LogP) is 8.88. The molecule has 0 fully saturated rings. The summed E-state index contributed by atoms with van der Waals surface area (Å²) in [6.07, 6.45) is -14.8. The minimum absolute atomic E-state index is 0.362. The normalized spacial score (nSPS) is 14.4. The fourth-order valence-corrected chi connectivity index (χ4v) is 8.20. The molecule has 0 atom stereocenters. The highest BCUT2D eigenvalue weighted by Gasteiger charge is 2.58. The Kier molecular flexibility index (Phi) is 7.79. The average Bonchev–Trinajstić information content (AvgIpc) is 2.80. The van der Waals surface area contributed by atoms with Crippen molar-refractivity contribution in [3.05, 3.63) is 89.5 Å². The van der Waals surface area contributed by atoms with Gasteiger partial charge in [0.05, 0.1) is 41.7 Å². The fourth-order valence-electron chi connectivity index (χ4n) is 3.25. The van der Waals surface area contributed by atoms with Crippen molar-refractivity contribution in [3.63, 3.8) is 0 Å². The van der Waals surface area contributed by atoms with Crippen molar-refractivity contribution in [2.45, 2.75) is 38.7 Å². The molecule has 214 valence electrons. The van der Waals surface area contributed by atoms with Crippen LogP contribution in [0.2, 0.25) is 0 Å². The van der Waals surface area contributed by atoms with Gasteiger partial charge in [-0.2, -0.15) is 52.7 Å². The molecule has 3 rings (SSSR count). The van der Waals surface area contributed by atoms with Crippen LogP contribution < -0.4 is 0 Å². The summed E-state index contributed by atoms with van der Waals surface area (Å²) in [4.78, 5) is -1.95. The van der Waals surface area contributed by atoms with Gasteiger partial charge in [0, 0.05) is 0 Å². The van der Waals surface area contributed by atoms with Crippen LogP contribution in [0.4, 0.5) is 52.7 Å². The molecule has 0 aliphatic carbocycles. The zero-order valence-corrected chi connectivity index (χ0v) is 20.2. The maximum Gasteiger partial charge on any atom is 0.572 e. The molecule has 1 N–H and O–H groups in total. The molecule has 0 amide bonds. The van der Waals surface area contributed by atoms with Gasteiger partial charge in [-0.15, -0.1) is 8.42 Å². The predicted molar refractivity (Wildman–Crippen MR) is 114 cm³/mol. The van der Waals surface area contributed by atoms with Gasteiger partial charge < -0.3 is 0 Å². The van der Waals surface area contributed by atoms with Crippen LogP contribution in [0.3, 0.4) is 0 Å². The zero-order chi connectivity index (χ0) is 29.7. The molecule has 0 aliphatic heterocycles. The van der Waals surface area contributed by atoms with Gasteiger partial charge in [0.15, 0.2) is 0 Å². The third-order valence-electron chi connectivity index (χ3n) is 5.07. The number of benzene rings is 3. The maximum atomic E-state index is 13.5. The molecular weight excluding hydrogens is 604 g/mol. The first-order valence-corrected chi connectivity index (χ1v) is 13.0. The highest BCUT2D eigenvalue weighted by Crippen LogP contribution is 2.69. The van der Waals surface area contributed by atoms with Crippen molar-refractivity contribution in [2.75, 3.05) is 0 Å². The first-order valence-electron chi connectivity index (χ1n) is 10.00. The van der Waals surface area contributed by atoms with Crippen LogP contribution in [0.25, 0.3) is 0 Å². The summed E-state index contributed by atoms with van der Waals surface area (Å²) in [5, 5.41) is 0. The second kappa shape index (κ2) is 9.92. The first kappa shape index (κ1) is 30.6. The Morgan fingerprint density at radius 1 is 0.436 bits per heavy atom. The van der Waals surface area contributed by atoms with Crippen molar-refractivity contribution in [2.24, 2.45) is 0 Å². The molecule has 3 aromatic rings. The summed E-state index contributed by atoms with van der Waals surface area (Å²) in [5.74, 6) is 0. The molecule has 0 bridgehead atoms. The number of alkyl halides is 12. The van der Waals surface area contributed by atoms with Gasteiger partial charge in [-0.1, -0.05) is 0 Å². The van der Waals surface area contributed by atoms with E-state index in [1.807, 2.05) is 0 Å². The molecule has 17 heteroatoms. The fraction of sp³-hybridized carbons (Fsp3) is 0.182. The van der Waals surface area contributed by atoms with Crippen molar-refractivity contribution < 1.29 is 64.7 Å². The summed E-state index contributed by atoms with van der Waals surface area (Å²) in [5.41, 5.74) is -10.0. The van der Waals surface area contributed by atoms with Crippen molar-refractivity contribution in [1.29, 1.82) is 0 Å². The molecule has 3 nitrogen and oxygen atoms in total. The van der Waals surface area contributed by atoms with Crippen LogP contribution in [0.15, 0.2) is 87.5 Å². The standard InChI is InChI=1S/C22H12F12O3S2/c23-19(24,25)13-1-7-16(8-2-13)38(37-39(35,36)22(32,33)34,17-9-3-14(4-10-17)20(26,27)28)18-11-5-15(6-12-18)21(29,30)31/h1-12H/p+1. The molecular formula is C22H13F12O3S2+. The minimum atomic E-state index is -6.52. The second-order valence-electron chi connectivity index (χ2n) is 7.64. The minimum Gasteiger partial charge on any atom is -0.255 e. The Balaban J connectivity index is 2.43. The summed E-state index contributed by atoms with van der Waals surface area (Å²) in [6, 6.07) is 5.52. The van der Waals surface area contributed by atoms with Crippen LogP contribution in [-0.4, -0.2) is 17.6 Å². The number of hydrogen-bond donors (Lipinski definition) is 0. The lowest BCUT2D eigenvalue weighted by atomic mass is 10.2. The van der Waals surface area contributed by atoms with E-state index in [9.17, 15) is 61.1 Å². The Bertz CT molecular complexity index is 1270. The lowest BCUT2D eigenvalue weighted by Crippen LogP contribution is -2.30. The Morgan fingerprint density at radius 2 is 0.667 bits per heavy atom. The quantitative estimate of drug-likeness (QED) is 0.124. The average molecular weight is 617 g/mol. The van der Waals surface area contributed by atoms with E-state index in [-0.39, 0.29) is 0 Å². The summed E-state index contributed by atoms with van der Waals surface area (Å²) in [6.45, 7) is 0. The smallest absolute Gasteiger partial charge is 0.255 e. The summed E-state index contributed by atoms with van der Waals surface area (Å²) < 4.78 is 186. The van der Waals surface area contributed by atoms with Gasteiger partial charge >= 0.3 is 34.2 Å². The first-order chi connectivity index (χ1) is 17.6. The summed E-state index contributed by atoms with van der Waals surface area (Å²) >= 11 is 0. The van der Waals surface area contributed by atoms with Gasteiger partial charge in [0.2, 0.25) is 0 Å². The summed E-state index contributed by atoms with van der Waals surface area (Å²) in [7, 11) is -10.9. The van der Waals surface area contributed by atoms with E-state index in [1.54, 1.807) is 0 Å². The number of hydrogen-bond acceptors (Lipinski definition) is 2. The highest BCUT2D eigenvalue weighted by atomic mass is 32.3. The van der Waals surface area contributed by atoms with E-state index in [1.165, 1.54) is 0 Å². The molecule has 3 aromatic carbocycles. The lowest BCUT2D eigenvalue weighted by Gasteiger charge is -2.35. The Morgan fingerprint density at radius 3 is 0.846 bits per heavy atom. The third kappa shape index (κ3) is 6.30. The molecule has 0 heterocycles. The van der Waals surface area contributed by atoms with Crippen LogP contribution >= 0.6 is 10.3 Å². The third-order valence-corrected chi connectivity index (χ3v) is 10.2. The van der Waals surface area contributed by atoms with Crippen molar-refractivity contribution >= 4 is 20.4 Å². The molecule has 0 aromatic heterocycles.